The summed E-state index contributed by atoms with van der Waals surface area (Å²) >= 11 is 1.74. The smallest absolute Gasteiger partial charge is 0.233 e. The topological polar surface area (TPSA) is 38.9 Å². The average molecular weight is 342 g/mol. The zero-order valence-electron chi connectivity index (χ0n) is 13.7. The Morgan fingerprint density at radius 2 is 1.96 bits per heavy atom. The van der Waals surface area contributed by atoms with Crippen LogP contribution in [0.1, 0.15) is 30.1 Å². The van der Waals surface area contributed by atoms with Gasteiger partial charge in [-0.25, -0.2) is 4.39 Å². The lowest BCUT2D eigenvalue weighted by atomic mass is 9.97. The summed E-state index contributed by atoms with van der Waals surface area (Å²) in [6.45, 7) is 1.95. The minimum atomic E-state index is -0.243. The van der Waals surface area contributed by atoms with Crippen molar-refractivity contribution in [2.75, 3.05) is 12.0 Å². The summed E-state index contributed by atoms with van der Waals surface area (Å²) < 4.78 is 19.9. The van der Waals surface area contributed by atoms with Crippen molar-refractivity contribution >= 4 is 11.8 Å². The van der Waals surface area contributed by atoms with E-state index < -0.39 is 0 Å². The van der Waals surface area contributed by atoms with Crippen molar-refractivity contribution < 1.29 is 8.91 Å². The predicted octanol–water partition coefficient (Wildman–Crippen LogP) is 4.93. The lowest BCUT2D eigenvalue weighted by molar-refractivity contribution is 0.365. The van der Waals surface area contributed by atoms with Crippen molar-refractivity contribution in [1.82, 2.24) is 10.1 Å². The summed E-state index contributed by atoms with van der Waals surface area (Å²) in [5.74, 6) is 1.80. The number of aryl methyl sites for hydroxylation is 1. The molecule has 1 unspecified atom stereocenters. The van der Waals surface area contributed by atoms with Crippen LogP contribution < -0.4 is 0 Å². The van der Waals surface area contributed by atoms with E-state index in [-0.39, 0.29) is 11.7 Å². The summed E-state index contributed by atoms with van der Waals surface area (Å²) in [6, 6.07) is 14.8. The fourth-order valence-corrected chi connectivity index (χ4v) is 2.92. The van der Waals surface area contributed by atoms with Crippen molar-refractivity contribution in [3.8, 4) is 11.1 Å². The van der Waals surface area contributed by atoms with Crippen molar-refractivity contribution in [2.45, 2.75) is 19.3 Å². The first-order valence-corrected chi connectivity index (χ1v) is 9.24. The van der Waals surface area contributed by atoms with Crippen molar-refractivity contribution in [3.05, 3.63) is 71.6 Å². The Bertz CT molecular complexity index is 804. The molecule has 2 aromatic carbocycles. The number of halogens is 1. The lowest BCUT2D eigenvalue weighted by Crippen LogP contribution is -1.99. The number of nitrogens with zero attached hydrogens (tertiary/aromatic N) is 2. The van der Waals surface area contributed by atoms with Gasteiger partial charge >= 0.3 is 0 Å². The second kappa shape index (κ2) is 7.62. The maximum absolute atomic E-state index is 14.5. The van der Waals surface area contributed by atoms with Gasteiger partial charge in [0.2, 0.25) is 5.89 Å². The van der Waals surface area contributed by atoms with E-state index in [0.29, 0.717) is 17.3 Å². The molecule has 0 bridgehead atoms. The third-order valence-electron chi connectivity index (χ3n) is 3.96. The van der Waals surface area contributed by atoms with Gasteiger partial charge in [-0.3, -0.25) is 0 Å². The number of hydrogen-bond acceptors (Lipinski definition) is 4. The molecular formula is C19H19FN2OS. The molecule has 124 valence electrons. The molecule has 1 heterocycles. The van der Waals surface area contributed by atoms with Gasteiger partial charge in [0.1, 0.15) is 5.82 Å². The standard InChI is InChI=1S/C19H19FN2OS/c1-13(19-21-18(22-23-19)10-11-24-2)15-8-9-16(17(20)12-15)14-6-4-3-5-7-14/h3-9,12-13H,10-11H2,1-2H3. The Morgan fingerprint density at radius 3 is 2.67 bits per heavy atom. The fraction of sp³-hybridized carbons (Fsp3) is 0.263. The Morgan fingerprint density at radius 1 is 1.17 bits per heavy atom. The molecule has 0 amide bonds. The van der Waals surface area contributed by atoms with Crippen LogP contribution in [0, 0.1) is 5.82 Å². The molecular weight excluding hydrogens is 323 g/mol. The second-order valence-electron chi connectivity index (χ2n) is 5.62. The quantitative estimate of drug-likeness (QED) is 0.636. The van der Waals surface area contributed by atoms with Gasteiger partial charge in [0.05, 0.1) is 5.92 Å². The SMILES string of the molecule is CSCCc1noc(C(C)c2ccc(-c3ccccc3)c(F)c2)n1. The molecule has 3 aromatic rings. The minimum Gasteiger partial charge on any atom is -0.339 e. The first-order valence-electron chi connectivity index (χ1n) is 7.85. The number of benzene rings is 2. The summed E-state index contributed by atoms with van der Waals surface area (Å²) in [5, 5.41) is 3.99. The van der Waals surface area contributed by atoms with Gasteiger partial charge in [-0.1, -0.05) is 47.6 Å². The Kier molecular flexibility index (Phi) is 5.30. The van der Waals surface area contributed by atoms with E-state index >= 15 is 0 Å². The van der Waals surface area contributed by atoms with Gasteiger partial charge in [-0.2, -0.15) is 16.7 Å². The van der Waals surface area contributed by atoms with Crippen LogP contribution in [0.4, 0.5) is 4.39 Å². The zero-order valence-corrected chi connectivity index (χ0v) is 14.5. The minimum absolute atomic E-state index is 0.139. The van der Waals surface area contributed by atoms with Crippen molar-refractivity contribution in [1.29, 1.82) is 0 Å². The number of hydrogen-bond donors (Lipinski definition) is 0. The van der Waals surface area contributed by atoms with Crippen molar-refractivity contribution in [3.63, 3.8) is 0 Å². The molecule has 24 heavy (non-hydrogen) atoms. The van der Waals surface area contributed by atoms with Crippen LogP contribution in [0.5, 0.6) is 0 Å². The monoisotopic (exact) mass is 342 g/mol. The van der Waals surface area contributed by atoms with Crippen LogP contribution >= 0.6 is 11.8 Å². The fourth-order valence-electron chi connectivity index (χ4n) is 2.53. The molecule has 1 aromatic heterocycles. The van der Waals surface area contributed by atoms with Crippen LogP contribution in [0.3, 0.4) is 0 Å². The van der Waals surface area contributed by atoms with E-state index in [4.69, 9.17) is 4.52 Å². The zero-order chi connectivity index (χ0) is 16.9. The van der Waals surface area contributed by atoms with Gasteiger partial charge in [-0.05, 0) is 30.4 Å². The molecule has 3 rings (SSSR count). The van der Waals surface area contributed by atoms with Crippen LogP contribution in [-0.2, 0) is 6.42 Å². The third-order valence-corrected chi connectivity index (χ3v) is 4.57. The van der Waals surface area contributed by atoms with Crippen LogP contribution in [0.2, 0.25) is 0 Å². The summed E-state index contributed by atoms with van der Waals surface area (Å²) in [6.07, 6.45) is 2.82. The molecule has 0 fully saturated rings. The van der Waals surface area contributed by atoms with Crippen LogP contribution in [0.25, 0.3) is 11.1 Å². The van der Waals surface area contributed by atoms with Gasteiger partial charge in [0.15, 0.2) is 5.82 Å². The first kappa shape index (κ1) is 16.7. The van der Waals surface area contributed by atoms with E-state index in [0.717, 1.165) is 23.3 Å². The maximum Gasteiger partial charge on any atom is 0.233 e. The van der Waals surface area contributed by atoms with Gasteiger partial charge < -0.3 is 4.52 Å². The maximum atomic E-state index is 14.5. The van der Waals surface area contributed by atoms with Crippen LogP contribution in [-0.4, -0.2) is 22.1 Å². The van der Waals surface area contributed by atoms with Crippen molar-refractivity contribution in [2.24, 2.45) is 0 Å². The summed E-state index contributed by atoms with van der Waals surface area (Å²) in [5.41, 5.74) is 2.29. The highest BCUT2D eigenvalue weighted by Crippen LogP contribution is 2.28. The van der Waals surface area contributed by atoms with Gasteiger partial charge in [-0.15, -0.1) is 0 Å². The molecule has 0 saturated heterocycles. The Labute approximate surface area is 145 Å². The predicted molar refractivity (Wildman–Crippen MR) is 95.7 cm³/mol. The molecule has 0 aliphatic carbocycles. The number of thioether (sulfide) groups is 1. The highest BCUT2D eigenvalue weighted by atomic mass is 32.2. The Balaban J connectivity index is 1.82. The molecule has 0 N–H and O–H groups in total. The molecule has 0 aliphatic rings. The number of rotatable bonds is 6. The molecule has 0 saturated carbocycles. The highest BCUT2D eigenvalue weighted by Gasteiger charge is 2.18. The highest BCUT2D eigenvalue weighted by molar-refractivity contribution is 7.98. The van der Waals surface area contributed by atoms with Crippen LogP contribution in [0.15, 0.2) is 53.1 Å². The number of aromatic nitrogens is 2. The summed E-state index contributed by atoms with van der Waals surface area (Å²) in [7, 11) is 0. The molecule has 3 nitrogen and oxygen atoms in total. The Hall–Kier alpha value is -2.14. The molecule has 5 heteroatoms. The normalized spacial score (nSPS) is 12.3. The lowest BCUT2D eigenvalue weighted by Gasteiger charge is -2.10. The molecule has 0 aliphatic heterocycles. The van der Waals surface area contributed by atoms with E-state index in [1.54, 1.807) is 17.8 Å². The third kappa shape index (κ3) is 3.67. The first-order chi connectivity index (χ1) is 11.7. The van der Waals surface area contributed by atoms with E-state index in [1.807, 2.05) is 55.6 Å². The van der Waals surface area contributed by atoms with E-state index in [9.17, 15) is 4.39 Å². The molecule has 0 radical (unpaired) electrons. The largest absolute Gasteiger partial charge is 0.339 e. The average Bonchev–Trinajstić information content (AvgIpc) is 3.09. The molecule has 0 spiro atoms. The van der Waals surface area contributed by atoms with E-state index in [1.165, 1.54) is 0 Å². The van der Waals surface area contributed by atoms with Gasteiger partial charge in [0, 0.05) is 17.7 Å². The molecule has 1 atom stereocenters. The van der Waals surface area contributed by atoms with Gasteiger partial charge in [0.25, 0.3) is 0 Å². The summed E-state index contributed by atoms with van der Waals surface area (Å²) in [4.78, 5) is 4.42. The second-order valence-corrected chi connectivity index (χ2v) is 6.60. The van der Waals surface area contributed by atoms with E-state index in [2.05, 4.69) is 10.1 Å².